The minimum atomic E-state index is -0.169. The number of nitrogens with one attached hydrogen (secondary N) is 2. The van der Waals surface area contributed by atoms with Gasteiger partial charge in [-0.15, -0.1) is 11.3 Å². The number of rotatable bonds is 5. The molecule has 1 aliphatic heterocycles. The molecule has 6 nitrogen and oxygen atoms in total. The highest BCUT2D eigenvalue weighted by Crippen LogP contribution is 2.29. The third-order valence-electron chi connectivity index (χ3n) is 5.20. The van der Waals surface area contributed by atoms with Gasteiger partial charge in [0.15, 0.2) is 5.13 Å². The molecule has 2 heterocycles. The molecule has 156 valence electrons. The summed E-state index contributed by atoms with van der Waals surface area (Å²) in [5.74, 6) is -0.315. The van der Waals surface area contributed by atoms with E-state index in [-0.39, 0.29) is 24.3 Å². The van der Waals surface area contributed by atoms with Crippen LogP contribution in [0.4, 0.5) is 10.8 Å². The molecule has 29 heavy (non-hydrogen) atoms. The van der Waals surface area contributed by atoms with Gasteiger partial charge < -0.3 is 10.6 Å². The molecule has 0 spiro atoms. The lowest BCUT2D eigenvalue weighted by molar-refractivity contribution is -0.123. The van der Waals surface area contributed by atoms with Crippen LogP contribution in [-0.4, -0.2) is 41.3 Å². The Morgan fingerprint density at radius 1 is 1.24 bits per heavy atom. The Hall–Kier alpha value is -1.96. The first-order valence-electron chi connectivity index (χ1n) is 9.76. The molecule has 1 aromatic carbocycles. The fourth-order valence-corrected chi connectivity index (χ4v) is 4.80. The van der Waals surface area contributed by atoms with Crippen LogP contribution < -0.4 is 10.6 Å². The molecule has 1 atom stereocenters. The lowest BCUT2D eigenvalue weighted by Gasteiger charge is -2.31. The van der Waals surface area contributed by atoms with Gasteiger partial charge in [0.2, 0.25) is 11.8 Å². The van der Waals surface area contributed by atoms with Crippen molar-refractivity contribution < 1.29 is 9.59 Å². The van der Waals surface area contributed by atoms with Crippen molar-refractivity contribution in [3.63, 3.8) is 0 Å². The Morgan fingerprint density at radius 2 is 2.00 bits per heavy atom. The van der Waals surface area contributed by atoms with E-state index in [2.05, 4.69) is 15.6 Å². The molecule has 1 unspecified atom stereocenters. The highest BCUT2D eigenvalue weighted by Gasteiger charge is 2.27. The predicted molar refractivity (Wildman–Crippen MR) is 119 cm³/mol. The van der Waals surface area contributed by atoms with Crippen molar-refractivity contribution in [1.82, 2.24) is 9.88 Å². The van der Waals surface area contributed by atoms with Crippen molar-refractivity contribution in [3.05, 3.63) is 38.9 Å². The number of hydrogen-bond acceptors (Lipinski definition) is 5. The third-order valence-corrected chi connectivity index (χ3v) is 6.48. The summed E-state index contributed by atoms with van der Waals surface area (Å²) in [4.78, 5) is 32.7. The number of anilines is 2. The highest BCUT2D eigenvalue weighted by molar-refractivity contribution is 7.15. The van der Waals surface area contributed by atoms with Crippen molar-refractivity contribution in [3.8, 4) is 0 Å². The van der Waals surface area contributed by atoms with E-state index in [1.165, 1.54) is 11.3 Å². The summed E-state index contributed by atoms with van der Waals surface area (Å²) in [7, 11) is 0. The summed E-state index contributed by atoms with van der Waals surface area (Å²) in [5.41, 5.74) is 3.62. The van der Waals surface area contributed by atoms with Gasteiger partial charge in [-0.25, -0.2) is 4.98 Å². The molecular formula is C21H27ClN4O2S. The normalized spacial score (nSPS) is 17.2. The van der Waals surface area contributed by atoms with Gasteiger partial charge in [-0.3, -0.25) is 14.5 Å². The summed E-state index contributed by atoms with van der Waals surface area (Å²) in [6, 6.07) is 3.85. The molecule has 1 fully saturated rings. The summed E-state index contributed by atoms with van der Waals surface area (Å²) in [6.45, 7) is 9.44. The van der Waals surface area contributed by atoms with Crippen LogP contribution in [-0.2, 0) is 9.59 Å². The lowest BCUT2D eigenvalue weighted by Crippen LogP contribution is -2.44. The van der Waals surface area contributed by atoms with Gasteiger partial charge in [-0.05, 0) is 64.3 Å². The Bertz CT molecular complexity index is 885. The first kappa shape index (κ1) is 21.7. The third kappa shape index (κ3) is 5.56. The molecule has 8 heteroatoms. The van der Waals surface area contributed by atoms with Crippen LogP contribution in [0.25, 0.3) is 0 Å². The molecule has 1 saturated heterocycles. The number of halogens is 1. The minimum Gasteiger partial charge on any atom is -0.324 e. The number of carbonyl (C=O) groups excluding carboxylic acids is 2. The smallest absolute Gasteiger partial charge is 0.240 e. The second-order valence-corrected chi connectivity index (χ2v) is 9.32. The SMILES string of the molecule is Cc1cc(C)c(NC(=O)C2CCCN(CC(=O)Nc3nc(C)c(C)s3)C2)c(Cl)c1. The maximum absolute atomic E-state index is 12.8. The first-order valence-corrected chi connectivity index (χ1v) is 11.0. The Morgan fingerprint density at radius 3 is 2.66 bits per heavy atom. The number of aromatic nitrogens is 1. The van der Waals surface area contributed by atoms with Crippen LogP contribution >= 0.6 is 22.9 Å². The summed E-state index contributed by atoms with van der Waals surface area (Å²) in [5, 5.41) is 7.03. The molecule has 3 rings (SSSR count). The van der Waals surface area contributed by atoms with Crippen LogP contribution in [0.1, 0.15) is 34.5 Å². The average molecular weight is 435 g/mol. The zero-order chi connectivity index (χ0) is 21.1. The number of hydrogen-bond donors (Lipinski definition) is 2. The molecule has 0 saturated carbocycles. The van der Waals surface area contributed by atoms with E-state index in [9.17, 15) is 9.59 Å². The average Bonchev–Trinajstić information content (AvgIpc) is 2.95. The standard InChI is InChI=1S/C21H27ClN4O2S/c1-12-8-13(2)19(17(22)9-12)25-20(28)16-6-5-7-26(10-16)11-18(27)24-21-23-14(3)15(4)29-21/h8-9,16H,5-7,10-11H2,1-4H3,(H,25,28)(H,23,24,27). The van der Waals surface area contributed by atoms with Crippen LogP contribution in [0, 0.1) is 33.6 Å². The van der Waals surface area contributed by atoms with Gasteiger partial charge in [-0.2, -0.15) is 0 Å². The molecule has 2 amide bonds. The van der Waals surface area contributed by atoms with E-state index in [4.69, 9.17) is 11.6 Å². The number of aryl methyl sites for hydroxylation is 4. The first-order chi connectivity index (χ1) is 13.7. The van der Waals surface area contributed by atoms with E-state index in [0.29, 0.717) is 22.4 Å². The Labute approximate surface area is 180 Å². The molecule has 0 bridgehead atoms. The van der Waals surface area contributed by atoms with Crippen molar-refractivity contribution in [2.45, 2.75) is 40.5 Å². The molecule has 1 aromatic heterocycles. The number of amides is 2. The number of nitrogens with zero attached hydrogens (tertiary/aromatic N) is 2. The summed E-state index contributed by atoms with van der Waals surface area (Å²) < 4.78 is 0. The monoisotopic (exact) mass is 434 g/mol. The van der Waals surface area contributed by atoms with E-state index in [1.807, 2.05) is 44.7 Å². The number of carbonyl (C=O) groups is 2. The molecule has 1 aliphatic rings. The van der Waals surface area contributed by atoms with Crippen molar-refractivity contribution in [2.75, 3.05) is 30.3 Å². The largest absolute Gasteiger partial charge is 0.324 e. The van der Waals surface area contributed by atoms with Gasteiger partial charge >= 0.3 is 0 Å². The molecule has 2 aromatic rings. The van der Waals surface area contributed by atoms with E-state index >= 15 is 0 Å². The molecule has 0 radical (unpaired) electrons. The fourth-order valence-electron chi connectivity index (χ4n) is 3.60. The molecular weight excluding hydrogens is 408 g/mol. The van der Waals surface area contributed by atoms with Crippen LogP contribution in [0.2, 0.25) is 5.02 Å². The van der Waals surface area contributed by atoms with E-state index in [0.717, 1.165) is 41.1 Å². The lowest BCUT2D eigenvalue weighted by atomic mass is 9.96. The highest BCUT2D eigenvalue weighted by atomic mass is 35.5. The van der Waals surface area contributed by atoms with E-state index < -0.39 is 0 Å². The summed E-state index contributed by atoms with van der Waals surface area (Å²) in [6.07, 6.45) is 1.68. The van der Waals surface area contributed by atoms with Crippen LogP contribution in [0.5, 0.6) is 0 Å². The number of benzene rings is 1. The maximum Gasteiger partial charge on any atom is 0.240 e. The van der Waals surface area contributed by atoms with Crippen molar-refractivity contribution in [1.29, 1.82) is 0 Å². The number of piperidine rings is 1. The zero-order valence-electron chi connectivity index (χ0n) is 17.3. The Kier molecular flexibility index (Phi) is 6.93. The van der Waals surface area contributed by atoms with E-state index in [1.54, 1.807) is 0 Å². The van der Waals surface area contributed by atoms with Crippen molar-refractivity contribution >= 4 is 45.6 Å². The second-order valence-electron chi connectivity index (χ2n) is 7.71. The predicted octanol–water partition coefficient (Wildman–Crippen LogP) is 4.32. The number of likely N-dealkylation sites (tertiary alicyclic amines) is 1. The summed E-state index contributed by atoms with van der Waals surface area (Å²) >= 11 is 7.80. The van der Waals surface area contributed by atoms with Gasteiger partial charge in [0.05, 0.1) is 28.9 Å². The minimum absolute atomic E-state index is 0.0462. The van der Waals surface area contributed by atoms with Gasteiger partial charge in [0, 0.05) is 11.4 Å². The van der Waals surface area contributed by atoms with Gasteiger partial charge in [-0.1, -0.05) is 17.7 Å². The molecule has 2 N–H and O–H groups in total. The molecule has 0 aliphatic carbocycles. The van der Waals surface area contributed by atoms with Gasteiger partial charge in [0.1, 0.15) is 0 Å². The van der Waals surface area contributed by atoms with Crippen LogP contribution in [0.15, 0.2) is 12.1 Å². The van der Waals surface area contributed by atoms with Gasteiger partial charge in [0.25, 0.3) is 0 Å². The van der Waals surface area contributed by atoms with Crippen LogP contribution in [0.3, 0.4) is 0 Å². The maximum atomic E-state index is 12.8. The fraction of sp³-hybridized carbons (Fsp3) is 0.476. The number of thiazole rings is 1. The van der Waals surface area contributed by atoms with Crippen molar-refractivity contribution in [2.24, 2.45) is 5.92 Å². The second kappa shape index (κ2) is 9.24. The quantitative estimate of drug-likeness (QED) is 0.734. The zero-order valence-corrected chi connectivity index (χ0v) is 18.8. The Balaban J connectivity index is 1.57. The topological polar surface area (TPSA) is 74.3 Å².